The second-order valence-electron chi connectivity index (χ2n) is 5.29. The molecule has 0 amide bonds. The van der Waals surface area contributed by atoms with Crippen molar-refractivity contribution in [2.45, 2.75) is 24.7 Å². The van der Waals surface area contributed by atoms with Crippen molar-refractivity contribution in [1.29, 1.82) is 0 Å². The minimum absolute atomic E-state index is 0.0411. The van der Waals surface area contributed by atoms with Gasteiger partial charge < -0.3 is 19.9 Å². The molecule has 1 atom stereocenters. The third kappa shape index (κ3) is 3.51. The fourth-order valence-corrected chi connectivity index (χ4v) is 2.85. The molecule has 0 saturated heterocycles. The fraction of sp³-hybridized carbons (Fsp3) is 0.625. The lowest BCUT2D eigenvalue weighted by Crippen LogP contribution is -2.40. The van der Waals surface area contributed by atoms with Crippen molar-refractivity contribution in [3.8, 4) is 5.75 Å². The molecule has 0 saturated carbocycles. The van der Waals surface area contributed by atoms with Gasteiger partial charge in [-0.3, -0.25) is 0 Å². The van der Waals surface area contributed by atoms with Crippen LogP contribution < -0.4 is 10.5 Å². The second-order valence-corrected chi connectivity index (χ2v) is 5.29. The van der Waals surface area contributed by atoms with E-state index in [1.807, 2.05) is 12.1 Å². The maximum atomic E-state index is 6.10. The molecular weight excluding hydrogens is 254 g/mol. The predicted molar refractivity (Wildman–Crippen MR) is 79.2 cm³/mol. The molecule has 0 aromatic heterocycles. The van der Waals surface area contributed by atoms with E-state index in [-0.39, 0.29) is 5.41 Å². The van der Waals surface area contributed by atoms with E-state index in [0.717, 1.165) is 38.2 Å². The van der Waals surface area contributed by atoms with Crippen molar-refractivity contribution in [2.24, 2.45) is 5.73 Å². The zero-order valence-corrected chi connectivity index (χ0v) is 12.3. The molecular formula is C16H25NO3. The highest BCUT2D eigenvalue weighted by atomic mass is 16.5. The van der Waals surface area contributed by atoms with E-state index < -0.39 is 0 Å². The highest BCUT2D eigenvalue weighted by Gasteiger charge is 2.35. The van der Waals surface area contributed by atoms with Crippen molar-refractivity contribution in [3.63, 3.8) is 0 Å². The summed E-state index contributed by atoms with van der Waals surface area (Å²) >= 11 is 0. The van der Waals surface area contributed by atoms with Crippen LogP contribution in [0, 0.1) is 0 Å². The average Bonchev–Trinajstić information content (AvgIpc) is 2.51. The molecule has 20 heavy (non-hydrogen) atoms. The van der Waals surface area contributed by atoms with Gasteiger partial charge in [-0.15, -0.1) is 0 Å². The summed E-state index contributed by atoms with van der Waals surface area (Å²) in [5.41, 5.74) is 7.40. The number of fused-ring (bicyclic) bond motifs is 1. The van der Waals surface area contributed by atoms with Crippen LogP contribution >= 0.6 is 0 Å². The van der Waals surface area contributed by atoms with Crippen LogP contribution in [-0.4, -0.2) is 40.1 Å². The van der Waals surface area contributed by atoms with E-state index in [0.29, 0.717) is 19.8 Å². The Bertz CT molecular complexity index is 410. The lowest BCUT2D eigenvalue weighted by molar-refractivity contribution is 0.0650. The summed E-state index contributed by atoms with van der Waals surface area (Å²) in [5.74, 6) is 0.990. The van der Waals surface area contributed by atoms with E-state index in [1.165, 1.54) is 5.56 Å². The lowest BCUT2D eigenvalue weighted by atomic mass is 9.73. The summed E-state index contributed by atoms with van der Waals surface area (Å²) in [5, 5.41) is 0. The Labute approximate surface area is 121 Å². The predicted octanol–water partition coefficient (Wildman–Crippen LogP) is 2.11. The topological polar surface area (TPSA) is 53.7 Å². The Morgan fingerprint density at radius 2 is 2.10 bits per heavy atom. The van der Waals surface area contributed by atoms with Gasteiger partial charge in [-0.05, 0) is 25.3 Å². The third-order valence-corrected chi connectivity index (χ3v) is 4.06. The van der Waals surface area contributed by atoms with Crippen LogP contribution in [0.1, 0.15) is 24.8 Å². The van der Waals surface area contributed by atoms with Crippen LogP contribution in [0.25, 0.3) is 0 Å². The monoisotopic (exact) mass is 279 g/mol. The lowest BCUT2D eigenvalue weighted by Gasteiger charge is -2.38. The first kappa shape index (κ1) is 15.3. The molecule has 0 fully saturated rings. The van der Waals surface area contributed by atoms with Crippen molar-refractivity contribution < 1.29 is 14.2 Å². The normalized spacial score (nSPS) is 21.3. The average molecular weight is 279 g/mol. The van der Waals surface area contributed by atoms with Crippen LogP contribution in [0.15, 0.2) is 24.3 Å². The molecule has 1 aromatic carbocycles. The summed E-state index contributed by atoms with van der Waals surface area (Å²) in [6, 6.07) is 8.26. The van der Waals surface area contributed by atoms with E-state index in [9.17, 15) is 0 Å². The Balaban J connectivity index is 1.93. The SMILES string of the molecule is COCCOCCCC1(CN)CCOc2ccccc21. The Hall–Kier alpha value is -1.10. The summed E-state index contributed by atoms with van der Waals surface area (Å²) in [6.07, 6.45) is 3.03. The summed E-state index contributed by atoms with van der Waals surface area (Å²) in [4.78, 5) is 0. The van der Waals surface area contributed by atoms with Crippen LogP contribution in [0.5, 0.6) is 5.75 Å². The van der Waals surface area contributed by atoms with Crippen LogP contribution in [0.4, 0.5) is 0 Å². The molecule has 1 aliphatic rings. The zero-order chi connectivity index (χ0) is 14.3. The van der Waals surface area contributed by atoms with Gasteiger partial charge in [-0.25, -0.2) is 0 Å². The van der Waals surface area contributed by atoms with Gasteiger partial charge in [0.25, 0.3) is 0 Å². The number of benzene rings is 1. The smallest absolute Gasteiger partial charge is 0.123 e. The zero-order valence-electron chi connectivity index (χ0n) is 12.3. The second kappa shape index (κ2) is 7.62. The molecule has 1 unspecified atom stereocenters. The molecule has 0 aliphatic carbocycles. The third-order valence-electron chi connectivity index (χ3n) is 4.06. The Kier molecular flexibility index (Phi) is 5.83. The first-order chi connectivity index (χ1) is 9.82. The molecule has 2 N–H and O–H groups in total. The van der Waals surface area contributed by atoms with Crippen molar-refractivity contribution in [3.05, 3.63) is 29.8 Å². The highest BCUT2D eigenvalue weighted by molar-refractivity contribution is 5.41. The van der Waals surface area contributed by atoms with E-state index in [1.54, 1.807) is 7.11 Å². The molecule has 1 aromatic rings. The highest BCUT2D eigenvalue weighted by Crippen LogP contribution is 2.41. The Morgan fingerprint density at radius 3 is 2.90 bits per heavy atom. The minimum atomic E-state index is 0.0411. The number of methoxy groups -OCH3 is 1. The molecule has 1 heterocycles. The number of nitrogens with two attached hydrogens (primary N) is 1. The van der Waals surface area contributed by atoms with E-state index in [4.69, 9.17) is 19.9 Å². The van der Waals surface area contributed by atoms with Gasteiger partial charge in [0.2, 0.25) is 0 Å². The molecule has 4 heteroatoms. The van der Waals surface area contributed by atoms with Crippen LogP contribution in [-0.2, 0) is 14.9 Å². The first-order valence-corrected chi connectivity index (χ1v) is 7.31. The molecule has 4 nitrogen and oxygen atoms in total. The molecule has 2 rings (SSSR count). The van der Waals surface area contributed by atoms with Gasteiger partial charge in [-0.2, -0.15) is 0 Å². The molecule has 0 radical (unpaired) electrons. The number of para-hydroxylation sites is 1. The minimum Gasteiger partial charge on any atom is -0.493 e. The first-order valence-electron chi connectivity index (χ1n) is 7.31. The van der Waals surface area contributed by atoms with Crippen LogP contribution in [0.3, 0.4) is 0 Å². The molecule has 0 spiro atoms. The summed E-state index contributed by atoms with van der Waals surface area (Å²) in [6.45, 7) is 3.48. The van der Waals surface area contributed by atoms with Crippen molar-refractivity contribution in [2.75, 3.05) is 40.1 Å². The van der Waals surface area contributed by atoms with Crippen LogP contribution in [0.2, 0.25) is 0 Å². The fourth-order valence-electron chi connectivity index (χ4n) is 2.85. The maximum Gasteiger partial charge on any atom is 0.123 e. The largest absolute Gasteiger partial charge is 0.493 e. The maximum absolute atomic E-state index is 6.10. The summed E-state index contributed by atoms with van der Waals surface area (Å²) < 4.78 is 16.2. The quantitative estimate of drug-likeness (QED) is 0.741. The Morgan fingerprint density at radius 1 is 1.25 bits per heavy atom. The molecule has 1 aliphatic heterocycles. The molecule has 112 valence electrons. The standard InChI is InChI=1S/C16H25NO3/c1-18-11-12-19-9-4-7-16(13-17)8-10-20-15-6-3-2-5-14(15)16/h2-3,5-6H,4,7-13,17H2,1H3. The number of rotatable bonds is 8. The summed E-state index contributed by atoms with van der Waals surface area (Å²) in [7, 11) is 1.69. The van der Waals surface area contributed by atoms with Gasteiger partial charge in [0, 0.05) is 31.2 Å². The van der Waals surface area contributed by atoms with Crippen molar-refractivity contribution >= 4 is 0 Å². The van der Waals surface area contributed by atoms with E-state index >= 15 is 0 Å². The van der Waals surface area contributed by atoms with Gasteiger partial charge in [-0.1, -0.05) is 18.2 Å². The van der Waals surface area contributed by atoms with Crippen molar-refractivity contribution in [1.82, 2.24) is 0 Å². The van der Waals surface area contributed by atoms with Gasteiger partial charge in [0.15, 0.2) is 0 Å². The molecule has 0 bridgehead atoms. The van der Waals surface area contributed by atoms with Gasteiger partial charge in [0.1, 0.15) is 5.75 Å². The number of hydrogen-bond acceptors (Lipinski definition) is 4. The number of ether oxygens (including phenoxy) is 3. The van der Waals surface area contributed by atoms with E-state index in [2.05, 4.69) is 12.1 Å². The number of hydrogen-bond donors (Lipinski definition) is 1. The van der Waals surface area contributed by atoms with Gasteiger partial charge >= 0.3 is 0 Å². The van der Waals surface area contributed by atoms with Gasteiger partial charge in [0.05, 0.1) is 19.8 Å².